The summed E-state index contributed by atoms with van der Waals surface area (Å²) in [7, 11) is 0. The van der Waals surface area contributed by atoms with Gasteiger partial charge in [0.1, 0.15) is 16.6 Å². The van der Waals surface area contributed by atoms with Crippen molar-refractivity contribution in [3.05, 3.63) is 28.2 Å². The molecule has 1 aliphatic rings. The monoisotopic (exact) mass is 337 g/mol. The molecular formula is C14H16ClN5OS. The average molecular weight is 338 g/mol. The molecule has 0 radical (unpaired) electrons. The quantitative estimate of drug-likeness (QED) is 0.860. The van der Waals surface area contributed by atoms with Crippen LogP contribution in [0.4, 0.5) is 5.00 Å². The molecule has 0 N–H and O–H groups in total. The van der Waals surface area contributed by atoms with Crippen LogP contribution in [0.15, 0.2) is 6.07 Å². The van der Waals surface area contributed by atoms with Crippen LogP contribution < -0.4 is 4.90 Å². The van der Waals surface area contributed by atoms with Crippen LogP contribution >= 0.6 is 23.1 Å². The van der Waals surface area contributed by atoms with E-state index < -0.39 is 0 Å². The summed E-state index contributed by atoms with van der Waals surface area (Å²) in [6, 6.07) is 4.19. The fourth-order valence-corrected chi connectivity index (χ4v) is 3.70. The van der Waals surface area contributed by atoms with Crippen molar-refractivity contribution in [3.8, 4) is 6.07 Å². The van der Waals surface area contributed by atoms with E-state index >= 15 is 0 Å². The maximum absolute atomic E-state index is 9.22. The Morgan fingerprint density at radius 3 is 3.05 bits per heavy atom. The molecule has 1 unspecified atom stereocenters. The number of morpholine rings is 1. The van der Waals surface area contributed by atoms with Gasteiger partial charge in [0.25, 0.3) is 0 Å². The van der Waals surface area contributed by atoms with Crippen LogP contribution in [0.1, 0.15) is 17.0 Å². The molecule has 6 nitrogen and oxygen atoms in total. The van der Waals surface area contributed by atoms with E-state index in [9.17, 15) is 5.26 Å². The molecule has 0 saturated carbocycles. The fraction of sp³-hybridized carbons (Fsp3) is 0.500. The summed E-state index contributed by atoms with van der Waals surface area (Å²) in [4.78, 5) is 2.13. The number of hydrogen-bond donors (Lipinski definition) is 0. The zero-order valence-corrected chi connectivity index (χ0v) is 14.0. The van der Waals surface area contributed by atoms with Gasteiger partial charge in [-0.1, -0.05) is 11.6 Å². The number of aryl methyl sites for hydroxylation is 2. The number of rotatable bonds is 3. The van der Waals surface area contributed by atoms with E-state index in [-0.39, 0.29) is 11.3 Å². The molecule has 0 amide bonds. The lowest BCUT2D eigenvalue weighted by molar-refractivity contribution is 0.0272. The van der Waals surface area contributed by atoms with Crippen molar-refractivity contribution < 1.29 is 4.74 Å². The third-order valence-corrected chi connectivity index (χ3v) is 4.93. The fourth-order valence-electron chi connectivity index (χ4n) is 2.64. The van der Waals surface area contributed by atoms with Crippen LogP contribution in [-0.4, -0.2) is 40.0 Å². The van der Waals surface area contributed by atoms with E-state index in [1.54, 1.807) is 0 Å². The van der Waals surface area contributed by atoms with Crippen molar-refractivity contribution in [1.29, 1.82) is 5.26 Å². The van der Waals surface area contributed by atoms with Gasteiger partial charge in [0.05, 0.1) is 24.9 Å². The van der Waals surface area contributed by atoms with Crippen molar-refractivity contribution in [2.24, 2.45) is 0 Å². The molecule has 1 aliphatic heterocycles. The Kier molecular flexibility index (Phi) is 4.34. The lowest BCUT2D eigenvalue weighted by Crippen LogP contribution is -2.44. The van der Waals surface area contributed by atoms with Gasteiger partial charge >= 0.3 is 0 Å². The molecule has 3 rings (SSSR count). The van der Waals surface area contributed by atoms with E-state index in [0.717, 1.165) is 22.9 Å². The molecule has 116 valence electrons. The van der Waals surface area contributed by atoms with Crippen LogP contribution in [0.5, 0.6) is 0 Å². The van der Waals surface area contributed by atoms with Crippen molar-refractivity contribution >= 4 is 28.1 Å². The topological polar surface area (TPSA) is 67.0 Å². The van der Waals surface area contributed by atoms with Crippen LogP contribution in [0, 0.1) is 25.2 Å². The van der Waals surface area contributed by atoms with E-state index in [1.165, 1.54) is 11.5 Å². The molecule has 3 heterocycles. The molecule has 22 heavy (non-hydrogen) atoms. The zero-order valence-electron chi connectivity index (χ0n) is 12.4. The van der Waals surface area contributed by atoms with Gasteiger partial charge in [0, 0.05) is 18.8 Å². The Balaban J connectivity index is 1.74. The number of aromatic nitrogens is 3. The van der Waals surface area contributed by atoms with Gasteiger partial charge < -0.3 is 9.64 Å². The predicted molar refractivity (Wildman–Crippen MR) is 85.5 cm³/mol. The first-order valence-electron chi connectivity index (χ1n) is 7.01. The maximum Gasteiger partial charge on any atom is 0.162 e. The number of anilines is 1. The summed E-state index contributed by atoms with van der Waals surface area (Å²) in [6.07, 6.45) is 0.0270. The Morgan fingerprint density at radius 2 is 2.36 bits per heavy atom. The molecule has 2 aromatic rings. The van der Waals surface area contributed by atoms with E-state index in [4.69, 9.17) is 16.3 Å². The summed E-state index contributed by atoms with van der Waals surface area (Å²) in [5, 5.41) is 14.8. The van der Waals surface area contributed by atoms with Crippen molar-refractivity contribution in [2.45, 2.75) is 26.5 Å². The maximum atomic E-state index is 9.22. The number of nitrogens with zero attached hydrogens (tertiary/aromatic N) is 5. The van der Waals surface area contributed by atoms with Gasteiger partial charge in [-0.25, -0.2) is 0 Å². The number of halogens is 1. The van der Waals surface area contributed by atoms with Gasteiger partial charge in [-0.15, -0.1) is 0 Å². The summed E-state index contributed by atoms with van der Waals surface area (Å²) in [6.45, 7) is 6.77. The Morgan fingerprint density at radius 1 is 1.55 bits per heavy atom. The van der Waals surface area contributed by atoms with Gasteiger partial charge in [-0.2, -0.15) is 14.7 Å². The third kappa shape index (κ3) is 2.95. The van der Waals surface area contributed by atoms with E-state index in [0.29, 0.717) is 25.3 Å². The van der Waals surface area contributed by atoms with Crippen molar-refractivity contribution in [2.75, 3.05) is 24.6 Å². The standard InChI is InChI=1S/C14H16ClN5OS/c1-9-5-10(2)20(17-9)8-11-7-19(3-4-21-11)14-12(6-16)13(15)18-22-14/h5,11H,3-4,7-8H2,1-2H3. The third-order valence-electron chi connectivity index (χ3n) is 3.65. The highest BCUT2D eigenvalue weighted by Gasteiger charge is 2.26. The largest absolute Gasteiger partial charge is 0.373 e. The first kappa shape index (κ1) is 15.3. The smallest absolute Gasteiger partial charge is 0.162 e. The second kappa shape index (κ2) is 6.24. The van der Waals surface area contributed by atoms with Crippen LogP contribution in [0.25, 0.3) is 0 Å². The molecule has 2 aromatic heterocycles. The highest BCUT2D eigenvalue weighted by atomic mass is 35.5. The molecule has 1 fully saturated rings. The molecule has 1 atom stereocenters. The minimum atomic E-state index is 0.0270. The molecule has 0 bridgehead atoms. The molecule has 1 saturated heterocycles. The minimum absolute atomic E-state index is 0.0270. The highest BCUT2D eigenvalue weighted by Crippen LogP contribution is 2.32. The number of nitriles is 1. The predicted octanol–water partition coefficient (Wildman–Crippen LogP) is 2.39. The minimum Gasteiger partial charge on any atom is -0.373 e. The zero-order chi connectivity index (χ0) is 15.7. The lowest BCUT2D eigenvalue weighted by Gasteiger charge is -2.33. The molecule has 8 heteroatoms. The molecule has 0 aliphatic carbocycles. The SMILES string of the molecule is Cc1cc(C)n(CC2CN(c3snc(Cl)c3C#N)CCO2)n1. The molecule has 0 spiro atoms. The normalized spacial score (nSPS) is 18.5. The van der Waals surface area contributed by atoms with Gasteiger partial charge in [-0.3, -0.25) is 4.68 Å². The van der Waals surface area contributed by atoms with Crippen molar-refractivity contribution in [1.82, 2.24) is 14.2 Å². The lowest BCUT2D eigenvalue weighted by atomic mass is 10.2. The van der Waals surface area contributed by atoms with E-state index in [1.807, 2.05) is 18.5 Å². The van der Waals surface area contributed by atoms with Crippen LogP contribution in [-0.2, 0) is 11.3 Å². The Labute approximate surface area is 138 Å². The summed E-state index contributed by atoms with van der Waals surface area (Å²) < 4.78 is 11.9. The second-order valence-corrected chi connectivity index (χ2v) is 6.42. The summed E-state index contributed by atoms with van der Waals surface area (Å²) >= 11 is 7.23. The Hall–Kier alpha value is -1.62. The first-order chi connectivity index (χ1) is 10.6. The average Bonchev–Trinajstić information content (AvgIpc) is 3.01. The number of ether oxygens (including phenoxy) is 1. The van der Waals surface area contributed by atoms with Crippen molar-refractivity contribution in [3.63, 3.8) is 0 Å². The summed E-state index contributed by atoms with van der Waals surface area (Å²) in [5.41, 5.74) is 2.58. The Bertz CT molecular complexity index is 719. The van der Waals surface area contributed by atoms with E-state index in [2.05, 4.69) is 26.5 Å². The summed E-state index contributed by atoms with van der Waals surface area (Å²) in [5.74, 6) is 0. The van der Waals surface area contributed by atoms with Crippen LogP contribution in [0.2, 0.25) is 5.15 Å². The number of hydrogen-bond acceptors (Lipinski definition) is 6. The second-order valence-electron chi connectivity index (χ2n) is 5.31. The highest BCUT2D eigenvalue weighted by molar-refractivity contribution is 7.10. The first-order valence-corrected chi connectivity index (χ1v) is 8.16. The molecular weight excluding hydrogens is 322 g/mol. The van der Waals surface area contributed by atoms with Gasteiger partial charge in [-0.05, 0) is 31.4 Å². The van der Waals surface area contributed by atoms with Gasteiger partial charge in [0.15, 0.2) is 5.15 Å². The van der Waals surface area contributed by atoms with Gasteiger partial charge in [0.2, 0.25) is 0 Å². The van der Waals surface area contributed by atoms with Crippen LogP contribution in [0.3, 0.4) is 0 Å². The molecule has 0 aromatic carbocycles.